The molecule has 2 aromatic carbocycles. The molecule has 2 atom stereocenters. The maximum absolute atomic E-state index is 4.97. The van der Waals surface area contributed by atoms with Gasteiger partial charge in [0, 0.05) is 38.3 Å². The Morgan fingerprint density at radius 3 is 2.54 bits per heavy atom. The minimum absolute atomic E-state index is 0.349. The van der Waals surface area contributed by atoms with Gasteiger partial charge in [0.2, 0.25) is 0 Å². The van der Waals surface area contributed by atoms with E-state index in [1.807, 2.05) is 0 Å². The van der Waals surface area contributed by atoms with E-state index >= 15 is 0 Å². The van der Waals surface area contributed by atoms with Crippen LogP contribution in [0.15, 0.2) is 53.6 Å². The van der Waals surface area contributed by atoms with E-state index in [2.05, 4.69) is 79.6 Å². The van der Waals surface area contributed by atoms with Crippen molar-refractivity contribution in [2.75, 3.05) is 26.0 Å². The fourth-order valence-corrected chi connectivity index (χ4v) is 4.18. The van der Waals surface area contributed by atoms with E-state index < -0.39 is 0 Å². The Morgan fingerprint density at radius 1 is 1.04 bits per heavy atom. The van der Waals surface area contributed by atoms with E-state index in [0.717, 1.165) is 0 Å². The highest BCUT2D eigenvalue weighted by Gasteiger charge is 2.38. The minimum atomic E-state index is 0.349. The van der Waals surface area contributed by atoms with E-state index in [9.17, 15) is 0 Å². The average molecular weight is 319 g/mol. The van der Waals surface area contributed by atoms with Crippen LogP contribution >= 0.6 is 0 Å². The molecule has 0 N–H and O–H groups in total. The van der Waals surface area contributed by atoms with Gasteiger partial charge in [-0.2, -0.15) is 5.10 Å². The molecule has 0 saturated heterocycles. The monoisotopic (exact) mass is 319 g/mol. The summed E-state index contributed by atoms with van der Waals surface area (Å²) < 4.78 is 0. The molecule has 3 heteroatoms. The highest BCUT2D eigenvalue weighted by Crippen LogP contribution is 2.41. The molecule has 0 aromatic heterocycles. The molecule has 1 aliphatic heterocycles. The Morgan fingerprint density at radius 2 is 1.79 bits per heavy atom. The predicted octanol–water partition coefficient (Wildman–Crippen LogP) is 4.10. The third-order valence-corrected chi connectivity index (χ3v) is 5.41. The Balaban J connectivity index is 1.70. The van der Waals surface area contributed by atoms with Gasteiger partial charge in [0.05, 0.1) is 11.8 Å². The van der Waals surface area contributed by atoms with E-state index in [4.69, 9.17) is 5.10 Å². The number of nitrogens with zero attached hydrogens (tertiary/aromatic N) is 3. The van der Waals surface area contributed by atoms with Crippen LogP contribution in [0.1, 0.15) is 35.6 Å². The first-order chi connectivity index (χ1) is 11.6. The fourth-order valence-electron chi connectivity index (χ4n) is 4.18. The maximum Gasteiger partial charge on any atom is 0.0801 e. The van der Waals surface area contributed by atoms with Crippen molar-refractivity contribution in [2.45, 2.75) is 25.3 Å². The third-order valence-electron chi connectivity index (χ3n) is 5.41. The predicted molar refractivity (Wildman–Crippen MR) is 101 cm³/mol. The first-order valence-electron chi connectivity index (χ1n) is 8.82. The first-order valence-corrected chi connectivity index (χ1v) is 8.82. The molecule has 1 aliphatic carbocycles. The standard InChI is InChI=1S/C21H25N3/c1-23(2)17-13-11-16(12-14-17)21-19-10-6-8-15-7-4-5-9-18(15)20(19)22-24(21)3/h4-5,7,9,11-14,19,21H,6,8,10H2,1-3H3/t19-,21-/m0/s1. The molecular weight excluding hydrogens is 294 g/mol. The lowest BCUT2D eigenvalue weighted by molar-refractivity contribution is 0.243. The molecule has 0 unspecified atom stereocenters. The third kappa shape index (κ3) is 2.48. The molecule has 0 bridgehead atoms. The van der Waals surface area contributed by atoms with Crippen LogP contribution in [0.4, 0.5) is 5.69 Å². The van der Waals surface area contributed by atoms with Crippen molar-refractivity contribution in [3.63, 3.8) is 0 Å². The molecule has 0 saturated carbocycles. The van der Waals surface area contributed by atoms with Crippen molar-refractivity contribution in [2.24, 2.45) is 11.0 Å². The summed E-state index contributed by atoms with van der Waals surface area (Å²) in [5, 5.41) is 7.14. The summed E-state index contributed by atoms with van der Waals surface area (Å²) in [5.74, 6) is 0.490. The topological polar surface area (TPSA) is 18.8 Å². The molecule has 2 aliphatic rings. The van der Waals surface area contributed by atoms with Gasteiger partial charge < -0.3 is 4.90 Å². The Kier molecular flexibility index (Phi) is 3.79. The maximum atomic E-state index is 4.97. The number of benzene rings is 2. The van der Waals surface area contributed by atoms with Gasteiger partial charge in [-0.1, -0.05) is 36.4 Å². The van der Waals surface area contributed by atoms with E-state index in [-0.39, 0.29) is 0 Å². The zero-order chi connectivity index (χ0) is 16.7. The van der Waals surface area contributed by atoms with Crippen molar-refractivity contribution < 1.29 is 0 Å². The molecule has 3 nitrogen and oxygen atoms in total. The second kappa shape index (κ2) is 5.97. The Labute approximate surface area is 144 Å². The molecular formula is C21H25N3. The van der Waals surface area contributed by atoms with Gasteiger partial charge in [-0.3, -0.25) is 5.01 Å². The second-order valence-electron chi connectivity index (χ2n) is 7.15. The lowest BCUT2D eigenvalue weighted by Crippen LogP contribution is -2.23. The van der Waals surface area contributed by atoms with Crippen molar-refractivity contribution in [1.29, 1.82) is 0 Å². The van der Waals surface area contributed by atoms with Gasteiger partial charge in [-0.25, -0.2) is 0 Å². The zero-order valence-corrected chi connectivity index (χ0v) is 14.7. The van der Waals surface area contributed by atoms with Gasteiger partial charge in [-0.05, 0) is 42.5 Å². The summed E-state index contributed by atoms with van der Waals surface area (Å²) >= 11 is 0. The van der Waals surface area contributed by atoms with Gasteiger partial charge in [0.1, 0.15) is 0 Å². The van der Waals surface area contributed by atoms with Crippen LogP contribution in [0, 0.1) is 5.92 Å². The summed E-state index contributed by atoms with van der Waals surface area (Å²) in [5.41, 5.74) is 6.71. The largest absolute Gasteiger partial charge is 0.378 e. The van der Waals surface area contributed by atoms with Crippen molar-refractivity contribution in [3.8, 4) is 0 Å². The Hall–Kier alpha value is -2.29. The molecule has 0 amide bonds. The second-order valence-corrected chi connectivity index (χ2v) is 7.15. The van der Waals surface area contributed by atoms with Crippen LogP contribution in [0.25, 0.3) is 0 Å². The molecule has 1 heterocycles. The molecule has 0 spiro atoms. The van der Waals surface area contributed by atoms with Gasteiger partial charge in [-0.15, -0.1) is 0 Å². The fraction of sp³-hybridized carbons (Fsp3) is 0.381. The molecule has 24 heavy (non-hydrogen) atoms. The lowest BCUT2D eigenvalue weighted by atomic mass is 9.85. The van der Waals surface area contributed by atoms with Crippen LogP contribution in [-0.4, -0.2) is 31.9 Å². The Bertz CT molecular complexity index is 761. The van der Waals surface area contributed by atoms with Crippen molar-refractivity contribution in [1.82, 2.24) is 5.01 Å². The number of hydrogen-bond acceptors (Lipinski definition) is 3. The highest BCUT2D eigenvalue weighted by molar-refractivity contribution is 6.05. The number of fused-ring (bicyclic) bond motifs is 3. The number of anilines is 1. The smallest absolute Gasteiger partial charge is 0.0801 e. The van der Waals surface area contributed by atoms with Crippen molar-refractivity contribution >= 4 is 11.4 Å². The average Bonchev–Trinajstić information content (AvgIpc) is 2.81. The molecule has 2 aromatic rings. The number of hydrazone groups is 1. The van der Waals surface area contributed by atoms with Gasteiger partial charge in [0.15, 0.2) is 0 Å². The number of rotatable bonds is 2. The summed E-state index contributed by atoms with van der Waals surface area (Å²) in [4.78, 5) is 2.14. The van der Waals surface area contributed by atoms with Crippen LogP contribution < -0.4 is 4.90 Å². The van der Waals surface area contributed by atoms with E-state index in [1.54, 1.807) is 0 Å². The SMILES string of the molecule is CN(C)c1ccc([C@H]2[C@H]3CCCc4ccccc4C3=NN2C)cc1. The minimum Gasteiger partial charge on any atom is -0.378 e. The number of aryl methyl sites for hydroxylation is 1. The summed E-state index contributed by atoms with van der Waals surface area (Å²) in [7, 11) is 6.29. The number of hydrogen-bond donors (Lipinski definition) is 0. The molecule has 4 rings (SSSR count). The zero-order valence-electron chi connectivity index (χ0n) is 14.7. The highest BCUT2D eigenvalue weighted by atomic mass is 15.5. The van der Waals surface area contributed by atoms with Crippen molar-refractivity contribution in [3.05, 3.63) is 65.2 Å². The van der Waals surface area contributed by atoms with Crippen LogP contribution in [0.3, 0.4) is 0 Å². The lowest BCUT2D eigenvalue weighted by Gasteiger charge is -2.26. The molecule has 124 valence electrons. The van der Waals surface area contributed by atoms with Crippen LogP contribution in [0.5, 0.6) is 0 Å². The van der Waals surface area contributed by atoms with E-state index in [0.29, 0.717) is 12.0 Å². The quantitative estimate of drug-likeness (QED) is 0.830. The van der Waals surface area contributed by atoms with E-state index in [1.165, 1.54) is 47.4 Å². The van der Waals surface area contributed by atoms with Crippen LogP contribution in [0.2, 0.25) is 0 Å². The summed E-state index contributed by atoms with van der Waals surface area (Å²) in [6.45, 7) is 0. The molecule has 0 fully saturated rings. The summed E-state index contributed by atoms with van der Waals surface area (Å²) in [6.07, 6.45) is 3.61. The normalized spacial score (nSPS) is 22.5. The molecule has 0 radical (unpaired) electrons. The first kappa shape index (κ1) is 15.3. The van der Waals surface area contributed by atoms with Gasteiger partial charge in [0.25, 0.3) is 0 Å². The van der Waals surface area contributed by atoms with Crippen LogP contribution in [-0.2, 0) is 6.42 Å². The van der Waals surface area contributed by atoms with Gasteiger partial charge >= 0.3 is 0 Å². The summed E-state index contributed by atoms with van der Waals surface area (Å²) in [6, 6.07) is 18.1.